The van der Waals surface area contributed by atoms with Crippen molar-refractivity contribution in [2.45, 2.75) is 37.8 Å². The largest absolute Gasteiger partial charge is 0.480 e. The predicted molar refractivity (Wildman–Crippen MR) is 72.0 cm³/mol. The van der Waals surface area contributed by atoms with Crippen LogP contribution >= 0.6 is 11.8 Å². The standard InChI is InChI=1S/C12H17N3O3S/c1-3-4-9-5-11(14-7-13-9)19-6-10(12(17)18)15-8(2)16/h5,7,10H,3-4,6H2,1-2H3,(H,15,16)(H,17,18)/t10-/m0/s1. The summed E-state index contributed by atoms with van der Waals surface area (Å²) in [7, 11) is 0. The molecule has 19 heavy (non-hydrogen) atoms. The maximum atomic E-state index is 11.0. The first-order chi connectivity index (χ1) is 9.02. The maximum Gasteiger partial charge on any atom is 0.327 e. The van der Waals surface area contributed by atoms with Crippen LogP contribution in [0.2, 0.25) is 0 Å². The maximum absolute atomic E-state index is 11.0. The zero-order valence-electron chi connectivity index (χ0n) is 10.9. The third-order valence-corrected chi connectivity index (χ3v) is 3.30. The highest BCUT2D eigenvalue weighted by atomic mass is 32.2. The number of nitrogens with zero attached hydrogens (tertiary/aromatic N) is 2. The summed E-state index contributed by atoms with van der Waals surface area (Å²) in [5.41, 5.74) is 0.936. The summed E-state index contributed by atoms with van der Waals surface area (Å²) in [4.78, 5) is 30.1. The fourth-order valence-corrected chi connectivity index (χ4v) is 2.34. The van der Waals surface area contributed by atoms with Crippen LogP contribution in [0, 0.1) is 0 Å². The van der Waals surface area contributed by atoms with Crippen LogP contribution in [0.15, 0.2) is 17.4 Å². The van der Waals surface area contributed by atoms with Gasteiger partial charge < -0.3 is 10.4 Å². The van der Waals surface area contributed by atoms with E-state index in [9.17, 15) is 9.59 Å². The van der Waals surface area contributed by atoms with Crippen LogP contribution in [0.1, 0.15) is 26.0 Å². The number of aliphatic carboxylic acids is 1. The molecule has 1 aromatic rings. The number of carbonyl (C=O) groups is 2. The Balaban J connectivity index is 2.60. The summed E-state index contributed by atoms with van der Waals surface area (Å²) in [5.74, 6) is -1.18. The molecule has 1 aromatic heterocycles. The van der Waals surface area contributed by atoms with E-state index in [1.165, 1.54) is 25.0 Å². The summed E-state index contributed by atoms with van der Waals surface area (Å²) >= 11 is 1.29. The molecule has 0 radical (unpaired) electrons. The van der Waals surface area contributed by atoms with Gasteiger partial charge >= 0.3 is 5.97 Å². The van der Waals surface area contributed by atoms with Gasteiger partial charge in [-0.3, -0.25) is 4.79 Å². The minimum absolute atomic E-state index is 0.234. The van der Waals surface area contributed by atoms with E-state index >= 15 is 0 Å². The summed E-state index contributed by atoms with van der Waals surface area (Å²) in [6.07, 6.45) is 3.33. The molecule has 0 aliphatic carbocycles. The summed E-state index contributed by atoms with van der Waals surface area (Å²) in [6, 6.07) is 0.938. The Kier molecular flexibility index (Phi) is 6.27. The van der Waals surface area contributed by atoms with E-state index in [2.05, 4.69) is 22.2 Å². The molecule has 104 valence electrons. The molecule has 2 N–H and O–H groups in total. The molecule has 0 saturated carbocycles. The van der Waals surface area contributed by atoms with Crippen molar-refractivity contribution in [3.63, 3.8) is 0 Å². The van der Waals surface area contributed by atoms with E-state index in [0.29, 0.717) is 0 Å². The highest BCUT2D eigenvalue weighted by Gasteiger charge is 2.18. The van der Waals surface area contributed by atoms with Crippen molar-refractivity contribution in [3.05, 3.63) is 18.1 Å². The summed E-state index contributed by atoms with van der Waals surface area (Å²) in [6.45, 7) is 3.36. The number of carboxylic acid groups (broad SMARTS) is 1. The van der Waals surface area contributed by atoms with Crippen LogP contribution in [0.25, 0.3) is 0 Å². The Hall–Kier alpha value is -1.63. The Labute approximate surface area is 116 Å². The van der Waals surface area contributed by atoms with Crippen LogP contribution < -0.4 is 5.32 Å². The van der Waals surface area contributed by atoms with Crippen molar-refractivity contribution in [3.8, 4) is 0 Å². The molecular weight excluding hydrogens is 266 g/mol. The van der Waals surface area contributed by atoms with Crippen molar-refractivity contribution in [2.75, 3.05) is 5.75 Å². The highest BCUT2D eigenvalue weighted by Crippen LogP contribution is 2.17. The van der Waals surface area contributed by atoms with E-state index in [-0.39, 0.29) is 11.7 Å². The number of rotatable bonds is 7. The lowest BCUT2D eigenvalue weighted by molar-refractivity contribution is -0.140. The fourth-order valence-electron chi connectivity index (χ4n) is 1.44. The third-order valence-electron chi connectivity index (χ3n) is 2.28. The lowest BCUT2D eigenvalue weighted by atomic mass is 10.2. The summed E-state index contributed by atoms with van der Waals surface area (Å²) < 4.78 is 0. The second kappa shape index (κ2) is 7.73. The van der Waals surface area contributed by atoms with E-state index in [1.807, 2.05) is 6.07 Å². The zero-order chi connectivity index (χ0) is 14.3. The van der Waals surface area contributed by atoms with Gasteiger partial charge in [0.2, 0.25) is 5.91 Å². The number of carbonyl (C=O) groups excluding carboxylic acids is 1. The van der Waals surface area contributed by atoms with Crippen LogP contribution in [0.5, 0.6) is 0 Å². The molecule has 0 aliphatic rings. The number of amides is 1. The van der Waals surface area contributed by atoms with Crippen LogP contribution in [-0.4, -0.2) is 38.7 Å². The molecule has 1 rings (SSSR count). The van der Waals surface area contributed by atoms with Gasteiger partial charge in [-0.2, -0.15) is 0 Å². The Morgan fingerprint density at radius 2 is 2.21 bits per heavy atom. The molecule has 0 bridgehead atoms. The first-order valence-corrected chi connectivity index (χ1v) is 6.95. The lowest BCUT2D eigenvalue weighted by Crippen LogP contribution is -2.41. The normalized spacial score (nSPS) is 11.9. The molecule has 1 heterocycles. The molecule has 7 heteroatoms. The average molecular weight is 283 g/mol. The number of aryl methyl sites for hydroxylation is 1. The number of aromatic nitrogens is 2. The highest BCUT2D eigenvalue weighted by molar-refractivity contribution is 7.99. The van der Waals surface area contributed by atoms with E-state index in [0.717, 1.165) is 23.6 Å². The quantitative estimate of drug-likeness (QED) is 0.575. The number of hydrogen-bond donors (Lipinski definition) is 2. The van der Waals surface area contributed by atoms with Gasteiger partial charge in [0.25, 0.3) is 0 Å². The van der Waals surface area contributed by atoms with E-state index in [1.54, 1.807) is 0 Å². The van der Waals surface area contributed by atoms with Crippen molar-refractivity contribution in [2.24, 2.45) is 0 Å². The first kappa shape index (κ1) is 15.4. The van der Waals surface area contributed by atoms with Gasteiger partial charge in [0.05, 0.1) is 5.03 Å². The molecule has 1 atom stereocenters. The van der Waals surface area contributed by atoms with Crippen molar-refractivity contribution >= 4 is 23.6 Å². The van der Waals surface area contributed by atoms with Crippen LogP contribution in [0.4, 0.5) is 0 Å². The van der Waals surface area contributed by atoms with Crippen molar-refractivity contribution in [1.29, 1.82) is 0 Å². The van der Waals surface area contributed by atoms with Gasteiger partial charge in [0, 0.05) is 18.4 Å². The molecule has 0 spiro atoms. The zero-order valence-corrected chi connectivity index (χ0v) is 11.7. The number of hydrogen-bond acceptors (Lipinski definition) is 5. The molecule has 0 unspecified atom stereocenters. The summed E-state index contributed by atoms with van der Waals surface area (Å²) in [5, 5.41) is 12.1. The first-order valence-electron chi connectivity index (χ1n) is 5.96. The molecular formula is C12H17N3O3S. The molecule has 1 amide bonds. The minimum Gasteiger partial charge on any atom is -0.480 e. The second-order valence-electron chi connectivity index (χ2n) is 4.00. The Bertz CT molecular complexity index is 454. The van der Waals surface area contributed by atoms with Gasteiger partial charge in [-0.15, -0.1) is 11.8 Å². The van der Waals surface area contributed by atoms with Gasteiger partial charge in [-0.25, -0.2) is 14.8 Å². The molecule has 0 saturated heterocycles. The second-order valence-corrected chi connectivity index (χ2v) is 5.04. The molecule has 0 aliphatic heterocycles. The van der Waals surface area contributed by atoms with Gasteiger partial charge in [-0.05, 0) is 12.5 Å². The van der Waals surface area contributed by atoms with Gasteiger partial charge in [0.15, 0.2) is 0 Å². The molecule has 0 fully saturated rings. The SMILES string of the molecule is CCCc1cc(SC[C@H](NC(C)=O)C(=O)O)ncn1. The van der Waals surface area contributed by atoms with Gasteiger partial charge in [-0.1, -0.05) is 13.3 Å². The Morgan fingerprint density at radius 3 is 2.79 bits per heavy atom. The lowest BCUT2D eigenvalue weighted by Gasteiger charge is -2.12. The topological polar surface area (TPSA) is 92.2 Å². The van der Waals surface area contributed by atoms with Crippen LogP contribution in [-0.2, 0) is 16.0 Å². The van der Waals surface area contributed by atoms with Crippen molar-refractivity contribution in [1.82, 2.24) is 15.3 Å². The Morgan fingerprint density at radius 1 is 1.47 bits per heavy atom. The van der Waals surface area contributed by atoms with Gasteiger partial charge in [0.1, 0.15) is 12.4 Å². The van der Waals surface area contributed by atoms with Crippen LogP contribution in [0.3, 0.4) is 0 Å². The number of nitrogens with one attached hydrogen (secondary N) is 1. The monoisotopic (exact) mass is 283 g/mol. The van der Waals surface area contributed by atoms with E-state index < -0.39 is 12.0 Å². The smallest absolute Gasteiger partial charge is 0.327 e. The number of carboxylic acids is 1. The average Bonchev–Trinajstić information content (AvgIpc) is 2.34. The van der Waals surface area contributed by atoms with Crippen molar-refractivity contribution < 1.29 is 14.7 Å². The van der Waals surface area contributed by atoms with E-state index in [4.69, 9.17) is 5.11 Å². The minimum atomic E-state index is -1.05. The molecule has 6 nitrogen and oxygen atoms in total. The number of thioether (sulfide) groups is 1. The third kappa shape index (κ3) is 5.69. The molecule has 0 aromatic carbocycles. The predicted octanol–water partition coefficient (Wildman–Crippen LogP) is 1.11. The fraction of sp³-hybridized carbons (Fsp3) is 0.500.